The van der Waals surface area contributed by atoms with E-state index in [-0.39, 0.29) is 30.9 Å². The highest BCUT2D eigenvalue weighted by atomic mass is 35.5. The van der Waals surface area contributed by atoms with Crippen LogP contribution in [0.15, 0.2) is 52.4 Å². The van der Waals surface area contributed by atoms with E-state index in [1.165, 1.54) is 0 Å². The standard InChI is InChI=1S/C28H25Cl3N4O4S/c1-16-10-19(29)3-5-22(16)32-26(36)13-38-14-27(37)35-8-6-17(7-9-35)28-33-24(15-40-28)25-12-23(34-39-25)18-2-4-20(30)21(31)11-18/h2-5,10-12,15,17H,6-9,13-14H2,1H3,(H,32,36). The van der Waals surface area contributed by atoms with Gasteiger partial charge in [-0.15, -0.1) is 11.3 Å². The molecule has 1 N–H and O–H groups in total. The van der Waals surface area contributed by atoms with Crippen LogP contribution in [0.25, 0.3) is 22.7 Å². The number of piperidine rings is 1. The predicted molar refractivity (Wildman–Crippen MR) is 157 cm³/mol. The van der Waals surface area contributed by atoms with Crippen molar-refractivity contribution in [1.29, 1.82) is 0 Å². The lowest BCUT2D eigenvalue weighted by Crippen LogP contribution is -2.40. The summed E-state index contributed by atoms with van der Waals surface area (Å²) in [6, 6.07) is 12.3. The first-order valence-corrected chi connectivity index (χ1v) is 14.6. The molecule has 1 saturated heterocycles. The van der Waals surface area contributed by atoms with Crippen LogP contribution < -0.4 is 5.32 Å². The molecule has 0 bridgehead atoms. The van der Waals surface area contributed by atoms with Gasteiger partial charge in [0.1, 0.15) is 24.6 Å². The average Bonchev–Trinajstić information content (AvgIpc) is 3.62. The SMILES string of the molecule is Cc1cc(Cl)ccc1NC(=O)COCC(=O)N1CCC(c2nc(-c3cc(-c4ccc(Cl)c(Cl)c4)no3)cs2)CC1. The van der Waals surface area contributed by atoms with Crippen molar-refractivity contribution in [3.05, 3.63) is 73.5 Å². The molecule has 4 aromatic rings. The fraction of sp³-hybridized carbons (Fsp3) is 0.286. The molecule has 1 aliphatic heterocycles. The molecular weight excluding hydrogens is 595 g/mol. The Balaban J connectivity index is 1.08. The molecule has 208 valence electrons. The molecule has 0 unspecified atom stereocenters. The first-order valence-electron chi connectivity index (χ1n) is 12.6. The first-order chi connectivity index (χ1) is 19.3. The molecule has 2 amide bonds. The monoisotopic (exact) mass is 618 g/mol. The molecule has 2 aromatic heterocycles. The molecule has 3 heterocycles. The molecule has 5 rings (SSSR count). The Bertz CT molecular complexity index is 1530. The van der Waals surface area contributed by atoms with Crippen LogP contribution in [0.2, 0.25) is 15.1 Å². The van der Waals surface area contributed by atoms with Gasteiger partial charge in [-0.2, -0.15) is 0 Å². The number of carbonyl (C=O) groups excluding carboxylic acids is 2. The number of amides is 2. The quantitative estimate of drug-likeness (QED) is 0.226. The van der Waals surface area contributed by atoms with Gasteiger partial charge < -0.3 is 19.5 Å². The highest BCUT2D eigenvalue weighted by Gasteiger charge is 2.26. The summed E-state index contributed by atoms with van der Waals surface area (Å²) in [7, 11) is 0. The third-order valence-corrected chi connectivity index (χ3v) is 8.60. The summed E-state index contributed by atoms with van der Waals surface area (Å²) >= 11 is 19.7. The largest absolute Gasteiger partial charge is 0.362 e. The van der Waals surface area contributed by atoms with Crippen LogP contribution in [-0.4, -0.2) is 53.2 Å². The smallest absolute Gasteiger partial charge is 0.250 e. The average molecular weight is 620 g/mol. The van der Waals surface area contributed by atoms with Crippen molar-refractivity contribution in [1.82, 2.24) is 15.0 Å². The summed E-state index contributed by atoms with van der Waals surface area (Å²) in [4.78, 5) is 31.4. The molecule has 1 aliphatic rings. The molecule has 2 aromatic carbocycles. The number of thiazole rings is 1. The van der Waals surface area contributed by atoms with E-state index in [1.54, 1.807) is 46.6 Å². The second-order valence-corrected chi connectivity index (χ2v) is 11.6. The van der Waals surface area contributed by atoms with Gasteiger partial charge in [-0.1, -0.05) is 46.0 Å². The molecule has 0 atom stereocenters. The molecule has 40 heavy (non-hydrogen) atoms. The van der Waals surface area contributed by atoms with Crippen molar-refractivity contribution in [2.75, 3.05) is 31.6 Å². The zero-order valence-electron chi connectivity index (χ0n) is 21.5. The van der Waals surface area contributed by atoms with Crippen molar-refractivity contribution < 1.29 is 18.8 Å². The zero-order valence-corrected chi connectivity index (χ0v) is 24.5. The van der Waals surface area contributed by atoms with Gasteiger partial charge in [0.15, 0.2) is 5.76 Å². The number of aromatic nitrogens is 2. The van der Waals surface area contributed by atoms with Crippen molar-refractivity contribution in [3.63, 3.8) is 0 Å². The minimum atomic E-state index is -0.327. The molecular formula is C28H25Cl3N4O4S. The van der Waals surface area contributed by atoms with Crippen LogP contribution in [-0.2, 0) is 14.3 Å². The van der Waals surface area contributed by atoms with Crippen molar-refractivity contribution in [2.24, 2.45) is 0 Å². The van der Waals surface area contributed by atoms with E-state index in [4.69, 9.17) is 49.0 Å². The maximum Gasteiger partial charge on any atom is 0.250 e. The van der Waals surface area contributed by atoms with Crippen LogP contribution in [0, 0.1) is 6.92 Å². The van der Waals surface area contributed by atoms with Gasteiger partial charge in [-0.25, -0.2) is 4.98 Å². The highest BCUT2D eigenvalue weighted by molar-refractivity contribution is 7.10. The molecule has 0 aliphatic carbocycles. The molecule has 0 radical (unpaired) electrons. The Kier molecular flexibility index (Phi) is 9.07. The number of nitrogens with one attached hydrogen (secondary N) is 1. The van der Waals surface area contributed by atoms with E-state index >= 15 is 0 Å². The molecule has 0 spiro atoms. The fourth-order valence-electron chi connectivity index (χ4n) is 4.43. The summed E-state index contributed by atoms with van der Waals surface area (Å²) < 4.78 is 10.9. The van der Waals surface area contributed by atoms with Gasteiger partial charge in [0, 0.05) is 46.7 Å². The van der Waals surface area contributed by atoms with Gasteiger partial charge >= 0.3 is 0 Å². The molecule has 12 heteroatoms. The Morgan fingerprint density at radius 3 is 2.60 bits per heavy atom. The molecule has 8 nitrogen and oxygen atoms in total. The third-order valence-electron chi connectivity index (χ3n) is 6.62. The van der Waals surface area contributed by atoms with Gasteiger partial charge in [0.2, 0.25) is 11.8 Å². The number of halogens is 3. The second-order valence-electron chi connectivity index (χ2n) is 9.43. The van der Waals surface area contributed by atoms with Crippen LogP contribution in [0.4, 0.5) is 5.69 Å². The number of carbonyl (C=O) groups is 2. The van der Waals surface area contributed by atoms with Gasteiger partial charge in [-0.3, -0.25) is 9.59 Å². The number of rotatable bonds is 8. The minimum Gasteiger partial charge on any atom is -0.362 e. The van der Waals surface area contributed by atoms with Crippen molar-refractivity contribution >= 4 is 63.6 Å². The molecule has 1 fully saturated rings. The van der Waals surface area contributed by atoms with Crippen LogP contribution in [0.5, 0.6) is 0 Å². The number of aryl methyl sites for hydroxylation is 1. The van der Waals surface area contributed by atoms with Crippen LogP contribution in [0.1, 0.15) is 29.3 Å². The van der Waals surface area contributed by atoms with E-state index in [9.17, 15) is 9.59 Å². The number of hydrogen-bond donors (Lipinski definition) is 1. The summed E-state index contributed by atoms with van der Waals surface area (Å²) in [5.41, 5.74) is 3.68. The van der Waals surface area contributed by atoms with E-state index in [2.05, 4.69) is 10.5 Å². The Labute approximate surface area is 250 Å². The Morgan fingerprint density at radius 2 is 1.85 bits per heavy atom. The molecule has 0 saturated carbocycles. The van der Waals surface area contributed by atoms with Crippen molar-refractivity contribution in [2.45, 2.75) is 25.7 Å². The normalized spacial score (nSPS) is 13.9. The van der Waals surface area contributed by atoms with Gasteiger partial charge in [0.25, 0.3) is 0 Å². The Hall–Kier alpha value is -2.95. The van der Waals surface area contributed by atoms with Crippen molar-refractivity contribution in [3.8, 4) is 22.7 Å². The number of anilines is 1. The summed E-state index contributed by atoms with van der Waals surface area (Å²) in [5.74, 6) is 0.357. The lowest BCUT2D eigenvalue weighted by Gasteiger charge is -2.31. The number of hydrogen-bond acceptors (Lipinski definition) is 7. The van der Waals surface area contributed by atoms with Crippen LogP contribution >= 0.6 is 46.1 Å². The fourth-order valence-corrected chi connectivity index (χ4v) is 5.93. The van der Waals surface area contributed by atoms with Gasteiger partial charge in [-0.05, 0) is 55.7 Å². The van der Waals surface area contributed by atoms with E-state index in [0.29, 0.717) is 45.3 Å². The maximum atomic E-state index is 12.6. The number of likely N-dealkylation sites (tertiary alicyclic amines) is 1. The predicted octanol–water partition coefficient (Wildman–Crippen LogP) is 7.10. The number of benzene rings is 2. The van der Waals surface area contributed by atoms with E-state index in [0.717, 1.165) is 34.7 Å². The maximum absolute atomic E-state index is 12.6. The van der Waals surface area contributed by atoms with Gasteiger partial charge in [0.05, 0.1) is 15.1 Å². The third kappa shape index (κ3) is 6.85. The summed E-state index contributed by atoms with van der Waals surface area (Å²) in [6.45, 7) is 2.70. The van der Waals surface area contributed by atoms with E-state index in [1.807, 2.05) is 24.4 Å². The lowest BCUT2D eigenvalue weighted by atomic mass is 9.97. The zero-order chi connectivity index (χ0) is 28.2. The summed E-state index contributed by atoms with van der Waals surface area (Å²) in [5, 5.41) is 11.4. The topological polar surface area (TPSA) is 97.6 Å². The first kappa shape index (κ1) is 28.6. The van der Waals surface area contributed by atoms with E-state index < -0.39 is 0 Å². The minimum absolute atomic E-state index is 0.134. The number of ether oxygens (including phenoxy) is 1. The highest BCUT2D eigenvalue weighted by Crippen LogP contribution is 2.35. The second kappa shape index (κ2) is 12.7. The Morgan fingerprint density at radius 1 is 1.05 bits per heavy atom. The van der Waals surface area contributed by atoms with Crippen LogP contribution in [0.3, 0.4) is 0 Å². The lowest BCUT2D eigenvalue weighted by molar-refractivity contribution is -0.138. The number of nitrogens with zero attached hydrogens (tertiary/aromatic N) is 3. The summed E-state index contributed by atoms with van der Waals surface area (Å²) in [6.07, 6.45) is 1.58.